The molecule has 0 bridgehead atoms. The van der Waals surface area contributed by atoms with Crippen LogP contribution < -0.4 is 0 Å². The van der Waals surface area contributed by atoms with E-state index in [1.54, 1.807) is 6.33 Å². The van der Waals surface area contributed by atoms with Crippen molar-refractivity contribution in [2.45, 2.75) is 52.7 Å². The Kier molecular flexibility index (Phi) is 3.32. The van der Waals surface area contributed by atoms with Gasteiger partial charge < -0.3 is 9.67 Å². The van der Waals surface area contributed by atoms with Gasteiger partial charge in [0.05, 0.1) is 24.2 Å². The smallest absolute Gasteiger partial charge is 0.0952 e. The minimum atomic E-state index is -0.585. The Bertz CT molecular complexity index is 300. The number of hydrogen-bond donors (Lipinski definition) is 1. The molecule has 0 aromatic carbocycles. The zero-order valence-electron chi connectivity index (χ0n) is 9.54. The van der Waals surface area contributed by atoms with Crippen molar-refractivity contribution in [1.29, 1.82) is 0 Å². The quantitative estimate of drug-likeness (QED) is 0.800. The largest absolute Gasteiger partial charge is 0.388 e. The average molecular weight is 196 g/mol. The highest BCUT2D eigenvalue weighted by Gasteiger charge is 2.23. The van der Waals surface area contributed by atoms with Gasteiger partial charge in [0.15, 0.2) is 0 Å². The standard InChI is InChI=1S/C11H20N2O/c1-5-11(14,6-2)7-13-8-12-9(3)10(13)4/h8,14H,5-7H2,1-4H3. The molecule has 0 unspecified atom stereocenters. The number of aromatic nitrogens is 2. The third-order valence-electron chi connectivity index (χ3n) is 3.13. The van der Waals surface area contributed by atoms with Gasteiger partial charge in [0.25, 0.3) is 0 Å². The van der Waals surface area contributed by atoms with E-state index in [9.17, 15) is 5.11 Å². The fraction of sp³-hybridized carbons (Fsp3) is 0.727. The lowest BCUT2D eigenvalue weighted by atomic mass is 9.97. The molecule has 1 rings (SSSR count). The zero-order valence-corrected chi connectivity index (χ0v) is 9.54. The molecule has 0 saturated heterocycles. The Morgan fingerprint density at radius 3 is 2.29 bits per heavy atom. The van der Waals surface area contributed by atoms with Crippen molar-refractivity contribution >= 4 is 0 Å². The van der Waals surface area contributed by atoms with Crippen LogP contribution in [0.3, 0.4) is 0 Å². The zero-order chi connectivity index (χ0) is 10.8. The summed E-state index contributed by atoms with van der Waals surface area (Å²) >= 11 is 0. The molecule has 0 saturated carbocycles. The lowest BCUT2D eigenvalue weighted by Crippen LogP contribution is -2.32. The van der Waals surface area contributed by atoms with Gasteiger partial charge in [-0.05, 0) is 26.7 Å². The van der Waals surface area contributed by atoms with E-state index in [4.69, 9.17) is 0 Å². The van der Waals surface area contributed by atoms with E-state index < -0.39 is 5.60 Å². The number of nitrogens with zero attached hydrogens (tertiary/aromatic N) is 2. The second-order valence-electron chi connectivity index (χ2n) is 3.97. The molecule has 0 aliphatic carbocycles. The molecule has 0 spiro atoms. The summed E-state index contributed by atoms with van der Waals surface area (Å²) in [6, 6.07) is 0. The summed E-state index contributed by atoms with van der Waals surface area (Å²) in [5.41, 5.74) is 1.60. The highest BCUT2D eigenvalue weighted by Crippen LogP contribution is 2.18. The lowest BCUT2D eigenvalue weighted by Gasteiger charge is -2.26. The number of rotatable bonds is 4. The normalized spacial score (nSPS) is 12.1. The van der Waals surface area contributed by atoms with Gasteiger partial charge in [0.2, 0.25) is 0 Å². The molecule has 1 aromatic rings. The molecule has 3 heteroatoms. The van der Waals surface area contributed by atoms with Crippen molar-refractivity contribution in [3.05, 3.63) is 17.7 Å². The second-order valence-corrected chi connectivity index (χ2v) is 3.97. The van der Waals surface area contributed by atoms with Crippen LogP contribution in [0, 0.1) is 13.8 Å². The van der Waals surface area contributed by atoms with Crippen LogP contribution in [0.1, 0.15) is 38.1 Å². The summed E-state index contributed by atoms with van der Waals surface area (Å²) < 4.78 is 2.03. The summed E-state index contributed by atoms with van der Waals surface area (Å²) in [6.07, 6.45) is 3.36. The fourth-order valence-corrected chi connectivity index (χ4v) is 1.49. The molecule has 0 aliphatic heterocycles. The van der Waals surface area contributed by atoms with Crippen LogP contribution in [0.2, 0.25) is 0 Å². The maximum Gasteiger partial charge on any atom is 0.0952 e. The summed E-state index contributed by atoms with van der Waals surface area (Å²) in [5, 5.41) is 10.2. The van der Waals surface area contributed by atoms with E-state index in [1.165, 1.54) is 0 Å². The van der Waals surface area contributed by atoms with Gasteiger partial charge >= 0.3 is 0 Å². The Morgan fingerprint density at radius 2 is 1.93 bits per heavy atom. The lowest BCUT2D eigenvalue weighted by molar-refractivity contribution is 0.0146. The first-order valence-electron chi connectivity index (χ1n) is 5.23. The van der Waals surface area contributed by atoms with Gasteiger partial charge in [0.1, 0.15) is 0 Å². The van der Waals surface area contributed by atoms with Crippen LogP contribution in [0.5, 0.6) is 0 Å². The van der Waals surface area contributed by atoms with Gasteiger partial charge in [-0.2, -0.15) is 0 Å². The Morgan fingerprint density at radius 1 is 1.36 bits per heavy atom. The van der Waals surface area contributed by atoms with Crippen molar-refractivity contribution in [2.75, 3.05) is 0 Å². The summed E-state index contributed by atoms with van der Waals surface area (Å²) in [7, 11) is 0. The molecular formula is C11H20N2O. The molecule has 1 aromatic heterocycles. The van der Waals surface area contributed by atoms with Crippen LogP contribution in [0.25, 0.3) is 0 Å². The van der Waals surface area contributed by atoms with E-state index in [1.807, 2.05) is 32.3 Å². The molecule has 1 heterocycles. The minimum Gasteiger partial charge on any atom is -0.388 e. The SMILES string of the molecule is CCC(O)(CC)Cn1cnc(C)c1C. The Labute approximate surface area is 85.8 Å². The highest BCUT2D eigenvalue weighted by molar-refractivity contribution is 5.09. The van der Waals surface area contributed by atoms with Crippen molar-refractivity contribution in [1.82, 2.24) is 9.55 Å². The molecular weight excluding hydrogens is 176 g/mol. The second kappa shape index (κ2) is 4.13. The van der Waals surface area contributed by atoms with Crippen molar-refractivity contribution in [3.8, 4) is 0 Å². The first kappa shape index (κ1) is 11.2. The number of hydrogen-bond acceptors (Lipinski definition) is 2. The Balaban J connectivity index is 2.82. The average Bonchev–Trinajstić information content (AvgIpc) is 2.49. The number of imidazole rings is 1. The maximum atomic E-state index is 10.2. The van der Waals surface area contributed by atoms with Gasteiger partial charge in [-0.3, -0.25) is 0 Å². The minimum absolute atomic E-state index is 0.585. The number of aliphatic hydroxyl groups is 1. The monoisotopic (exact) mass is 196 g/mol. The third-order valence-corrected chi connectivity index (χ3v) is 3.13. The first-order valence-corrected chi connectivity index (χ1v) is 5.23. The summed E-state index contributed by atoms with van der Waals surface area (Å²) in [4.78, 5) is 4.22. The van der Waals surface area contributed by atoms with Gasteiger partial charge in [-0.25, -0.2) is 4.98 Å². The van der Waals surface area contributed by atoms with E-state index >= 15 is 0 Å². The van der Waals surface area contributed by atoms with Crippen LogP contribution in [-0.2, 0) is 6.54 Å². The van der Waals surface area contributed by atoms with Crippen molar-refractivity contribution in [2.24, 2.45) is 0 Å². The van der Waals surface area contributed by atoms with Crippen molar-refractivity contribution < 1.29 is 5.11 Å². The Hall–Kier alpha value is -0.830. The molecule has 3 nitrogen and oxygen atoms in total. The molecule has 0 fully saturated rings. The molecule has 80 valence electrons. The van der Waals surface area contributed by atoms with Gasteiger partial charge in [-0.15, -0.1) is 0 Å². The van der Waals surface area contributed by atoms with Crippen LogP contribution in [-0.4, -0.2) is 20.3 Å². The molecule has 0 radical (unpaired) electrons. The van der Waals surface area contributed by atoms with Crippen LogP contribution >= 0.6 is 0 Å². The maximum absolute atomic E-state index is 10.2. The van der Waals surface area contributed by atoms with Gasteiger partial charge in [0, 0.05) is 5.69 Å². The van der Waals surface area contributed by atoms with E-state index in [0.29, 0.717) is 6.54 Å². The summed E-state index contributed by atoms with van der Waals surface area (Å²) in [5.74, 6) is 0. The first-order chi connectivity index (χ1) is 6.52. The predicted octanol–water partition coefficient (Wildman–Crippen LogP) is 2.05. The highest BCUT2D eigenvalue weighted by atomic mass is 16.3. The van der Waals surface area contributed by atoms with E-state index in [-0.39, 0.29) is 0 Å². The van der Waals surface area contributed by atoms with E-state index in [2.05, 4.69) is 4.98 Å². The fourth-order valence-electron chi connectivity index (χ4n) is 1.49. The topological polar surface area (TPSA) is 38.0 Å². The molecule has 1 N–H and O–H groups in total. The molecule has 0 amide bonds. The van der Waals surface area contributed by atoms with E-state index in [0.717, 1.165) is 24.2 Å². The summed E-state index contributed by atoms with van der Waals surface area (Å²) in [6.45, 7) is 8.70. The molecule has 0 aliphatic rings. The predicted molar refractivity (Wildman–Crippen MR) is 57.2 cm³/mol. The molecule has 14 heavy (non-hydrogen) atoms. The van der Waals surface area contributed by atoms with Crippen LogP contribution in [0.4, 0.5) is 0 Å². The third kappa shape index (κ3) is 2.15. The van der Waals surface area contributed by atoms with Crippen molar-refractivity contribution in [3.63, 3.8) is 0 Å². The van der Waals surface area contributed by atoms with Crippen LogP contribution in [0.15, 0.2) is 6.33 Å². The van der Waals surface area contributed by atoms with Gasteiger partial charge in [-0.1, -0.05) is 13.8 Å². The number of aryl methyl sites for hydroxylation is 1. The molecule has 0 atom stereocenters.